The summed E-state index contributed by atoms with van der Waals surface area (Å²) in [5.74, 6) is 0.111. The molecule has 0 amide bonds. The predicted molar refractivity (Wildman–Crippen MR) is 133 cm³/mol. The van der Waals surface area contributed by atoms with E-state index in [0.717, 1.165) is 22.5 Å². The van der Waals surface area contributed by atoms with E-state index in [1.54, 1.807) is 12.1 Å². The molecular formula is C24H18Cl2N4OS. The number of thiophene rings is 1. The zero-order valence-electron chi connectivity index (χ0n) is 17.2. The minimum Gasteiger partial charge on any atom is -0.397 e. The van der Waals surface area contributed by atoms with Crippen LogP contribution in [0.25, 0.3) is 21.3 Å². The van der Waals surface area contributed by atoms with Crippen molar-refractivity contribution < 1.29 is 4.79 Å². The lowest BCUT2D eigenvalue weighted by atomic mass is 9.94. The summed E-state index contributed by atoms with van der Waals surface area (Å²) in [4.78, 5) is 18.4. The summed E-state index contributed by atoms with van der Waals surface area (Å²) in [6.45, 7) is 4.21. The summed E-state index contributed by atoms with van der Waals surface area (Å²) in [5.41, 5.74) is 15.9. The lowest BCUT2D eigenvalue weighted by molar-refractivity contribution is 0.104. The number of benzene rings is 2. The van der Waals surface area contributed by atoms with Gasteiger partial charge in [-0.2, -0.15) is 5.26 Å². The highest BCUT2D eigenvalue weighted by Gasteiger charge is 2.26. The van der Waals surface area contributed by atoms with Gasteiger partial charge in [0.1, 0.15) is 27.2 Å². The molecule has 0 aliphatic carbocycles. The van der Waals surface area contributed by atoms with E-state index in [9.17, 15) is 10.1 Å². The number of nitriles is 1. The molecule has 4 N–H and O–H groups in total. The number of ketones is 1. The monoisotopic (exact) mass is 480 g/mol. The van der Waals surface area contributed by atoms with E-state index in [1.165, 1.54) is 6.07 Å². The van der Waals surface area contributed by atoms with Gasteiger partial charge in [-0.3, -0.25) is 4.79 Å². The summed E-state index contributed by atoms with van der Waals surface area (Å²) >= 11 is 13.3. The molecule has 5 nitrogen and oxygen atoms in total. The molecule has 0 bridgehead atoms. The predicted octanol–water partition coefficient (Wildman–Crippen LogP) is 6.66. The molecule has 0 unspecified atom stereocenters. The second-order valence-electron chi connectivity index (χ2n) is 7.61. The van der Waals surface area contributed by atoms with Gasteiger partial charge in [0.2, 0.25) is 5.78 Å². The Hall–Kier alpha value is -3.11. The molecule has 0 aliphatic rings. The van der Waals surface area contributed by atoms with E-state index < -0.39 is 0 Å². The Labute approximate surface area is 199 Å². The molecule has 32 heavy (non-hydrogen) atoms. The number of hydrogen-bond acceptors (Lipinski definition) is 6. The van der Waals surface area contributed by atoms with Crippen molar-refractivity contribution in [2.45, 2.75) is 19.8 Å². The van der Waals surface area contributed by atoms with E-state index >= 15 is 0 Å². The average Bonchev–Trinajstić information content (AvgIpc) is 3.08. The number of carbonyl (C=O) groups excluding carboxylic acids is 1. The Morgan fingerprint density at radius 1 is 1.12 bits per heavy atom. The van der Waals surface area contributed by atoms with Crippen LogP contribution >= 0.6 is 34.5 Å². The highest BCUT2D eigenvalue weighted by Crippen LogP contribution is 2.43. The Kier molecular flexibility index (Phi) is 5.83. The number of pyridine rings is 1. The van der Waals surface area contributed by atoms with Gasteiger partial charge in [-0.05, 0) is 35.2 Å². The second-order valence-corrected chi connectivity index (χ2v) is 9.46. The van der Waals surface area contributed by atoms with Crippen molar-refractivity contribution in [2.24, 2.45) is 0 Å². The van der Waals surface area contributed by atoms with Gasteiger partial charge >= 0.3 is 0 Å². The second kappa shape index (κ2) is 8.44. The van der Waals surface area contributed by atoms with Crippen molar-refractivity contribution in [3.05, 3.63) is 74.1 Å². The first-order valence-electron chi connectivity index (χ1n) is 9.74. The third kappa shape index (κ3) is 3.69. The van der Waals surface area contributed by atoms with E-state index in [0.29, 0.717) is 26.7 Å². The number of nitrogens with two attached hydrogens (primary N) is 2. The molecule has 8 heteroatoms. The molecule has 2 heterocycles. The molecule has 4 aromatic rings. The van der Waals surface area contributed by atoms with Gasteiger partial charge in [-0.25, -0.2) is 4.98 Å². The number of nitrogen functional groups attached to an aromatic ring is 2. The van der Waals surface area contributed by atoms with E-state index in [4.69, 9.17) is 34.7 Å². The van der Waals surface area contributed by atoms with Gasteiger partial charge < -0.3 is 11.5 Å². The smallest absolute Gasteiger partial charge is 0.206 e. The zero-order chi connectivity index (χ0) is 23.2. The minimum absolute atomic E-state index is 0.0905. The summed E-state index contributed by atoms with van der Waals surface area (Å²) in [7, 11) is 0. The molecule has 0 atom stereocenters. The van der Waals surface area contributed by atoms with Crippen LogP contribution in [0.5, 0.6) is 0 Å². The van der Waals surface area contributed by atoms with Crippen molar-refractivity contribution in [3.63, 3.8) is 0 Å². The Morgan fingerprint density at radius 2 is 1.81 bits per heavy atom. The first-order valence-corrected chi connectivity index (χ1v) is 11.3. The SMILES string of the molecule is CC(C)c1ccc(-c2c(C#N)c(N)nc3sc(C(=O)c4ccc(Cl)cc4Cl)c(N)c23)cc1. The van der Waals surface area contributed by atoms with Crippen molar-refractivity contribution in [1.82, 2.24) is 4.98 Å². The standard InChI is InChI=1S/C24H18Cl2N4OS/c1-11(2)12-3-5-13(6-4-12)18-16(10-27)23(29)30-24-19(18)20(28)22(32-24)21(31)15-8-7-14(25)9-17(15)26/h3-9,11H,28H2,1-2H3,(H2,29,30). The van der Waals surface area contributed by atoms with Gasteiger partial charge in [-0.15, -0.1) is 11.3 Å². The summed E-state index contributed by atoms with van der Waals surface area (Å²) < 4.78 is 0. The van der Waals surface area contributed by atoms with Gasteiger partial charge in [0, 0.05) is 21.5 Å². The van der Waals surface area contributed by atoms with Crippen LogP contribution in [0, 0.1) is 11.3 Å². The number of fused-ring (bicyclic) bond motifs is 1. The summed E-state index contributed by atoms with van der Waals surface area (Å²) in [6.07, 6.45) is 0. The fourth-order valence-electron chi connectivity index (χ4n) is 3.57. The van der Waals surface area contributed by atoms with Gasteiger partial charge in [0.15, 0.2) is 0 Å². The lowest BCUT2D eigenvalue weighted by Gasteiger charge is -2.11. The van der Waals surface area contributed by atoms with Crippen molar-refractivity contribution in [3.8, 4) is 17.2 Å². The fourth-order valence-corrected chi connectivity index (χ4v) is 5.13. The largest absolute Gasteiger partial charge is 0.397 e. The van der Waals surface area contributed by atoms with Crippen LogP contribution in [0.4, 0.5) is 11.5 Å². The Bertz CT molecular complexity index is 1420. The average molecular weight is 481 g/mol. The van der Waals surface area contributed by atoms with Crippen LogP contribution in [-0.4, -0.2) is 10.8 Å². The maximum absolute atomic E-state index is 13.3. The first kappa shape index (κ1) is 22.1. The van der Waals surface area contributed by atoms with Gasteiger partial charge in [0.05, 0.1) is 10.7 Å². The zero-order valence-corrected chi connectivity index (χ0v) is 19.6. The summed E-state index contributed by atoms with van der Waals surface area (Å²) in [6, 6.07) is 14.7. The van der Waals surface area contributed by atoms with Crippen molar-refractivity contribution in [1.29, 1.82) is 5.26 Å². The topological polar surface area (TPSA) is 106 Å². The normalized spacial score (nSPS) is 11.1. The molecule has 0 spiro atoms. The molecule has 0 saturated heterocycles. The van der Waals surface area contributed by atoms with E-state index in [1.807, 2.05) is 24.3 Å². The molecule has 0 fully saturated rings. The third-order valence-corrected chi connectivity index (χ3v) is 6.91. The van der Waals surface area contributed by atoms with E-state index in [2.05, 4.69) is 24.9 Å². The number of carbonyl (C=O) groups is 1. The van der Waals surface area contributed by atoms with Crippen molar-refractivity contribution in [2.75, 3.05) is 11.5 Å². The maximum Gasteiger partial charge on any atom is 0.206 e. The quantitative estimate of drug-likeness (QED) is 0.317. The molecule has 160 valence electrons. The van der Waals surface area contributed by atoms with Crippen LogP contribution in [-0.2, 0) is 0 Å². The highest BCUT2D eigenvalue weighted by molar-refractivity contribution is 7.21. The van der Waals surface area contributed by atoms with Gasteiger partial charge in [-0.1, -0.05) is 61.3 Å². The number of hydrogen-bond donors (Lipinski definition) is 2. The molecule has 2 aromatic carbocycles. The highest BCUT2D eigenvalue weighted by atomic mass is 35.5. The Balaban J connectivity index is 1.97. The van der Waals surface area contributed by atoms with E-state index in [-0.39, 0.29) is 38.3 Å². The number of aromatic nitrogens is 1. The Morgan fingerprint density at radius 3 is 2.41 bits per heavy atom. The van der Waals surface area contributed by atoms with Crippen LogP contribution in [0.2, 0.25) is 10.0 Å². The van der Waals surface area contributed by atoms with Crippen molar-refractivity contribution >= 4 is 62.0 Å². The molecule has 4 rings (SSSR count). The fraction of sp³-hybridized carbons (Fsp3) is 0.125. The molecule has 0 aliphatic heterocycles. The number of anilines is 2. The number of rotatable bonds is 4. The molecule has 2 aromatic heterocycles. The van der Waals surface area contributed by atoms with Crippen LogP contribution in [0.3, 0.4) is 0 Å². The van der Waals surface area contributed by atoms with Gasteiger partial charge in [0.25, 0.3) is 0 Å². The summed E-state index contributed by atoms with van der Waals surface area (Å²) in [5, 5.41) is 11.0. The van der Waals surface area contributed by atoms with Crippen LogP contribution in [0.1, 0.15) is 46.1 Å². The third-order valence-electron chi connectivity index (χ3n) is 5.26. The number of halogens is 2. The van der Waals surface area contributed by atoms with Crippen LogP contribution in [0.15, 0.2) is 42.5 Å². The number of nitrogens with zero attached hydrogens (tertiary/aromatic N) is 2. The minimum atomic E-state index is -0.342. The molecule has 0 saturated carbocycles. The first-order chi connectivity index (χ1) is 15.2. The van der Waals surface area contributed by atoms with Crippen LogP contribution < -0.4 is 11.5 Å². The molecule has 0 radical (unpaired) electrons. The molecular weight excluding hydrogens is 463 g/mol. The lowest BCUT2D eigenvalue weighted by Crippen LogP contribution is -2.03. The maximum atomic E-state index is 13.3.